The first-order chi connectivity index (χ1) is 16.3. The monoisotopic (exact) mass is 438 g/mol. The SMILES string of the molecule is C=CCC1CCC(C=C)CC1c1ccc(OCc2ccccc2)cc1OCc1ccccc1. The van der Waals surface area contributed by atoms with Gasteiger partial charge >= 0.3 is 0 Å². The molecule has 0 saturated heterocycles. The molecule has 3 aromatic carbocycles. The van der Waals surface area contributed by atoms with Gasteiger partial charge in [0, 0.05) is 6.07 Å². The van der Waals surface area contributed by atoms with Crippen molar-refractivity contribution in [3.63, 3.8) is 0 Å². The Morgan fingerprint density at radius 3 is 2.09 bits per heavy atom. The lowest BCUT2D eigenvalue weighted by Gasteiger charge is -2.36. The zero-order valence-electron chi connectivity index (χ0n) is 19.4. The Morgan fingerprint density at radius 2 is 1.45 bits per heavy atom. The summed E-state index contributed by atoms with van der Waals surface area (Å²) in [6, 6.07) is 27.0. The van der Waals surface area contributed by atoms with E-state index in [1.165, 1.54) is 18.4 Å². The molecule has 4 rings (SSSR count). The number of hydrogen-bond acceptors (Lipinski definition) is 2. The number of benzene rings is 3. The van der Waals surface area contributed by atoms with Crippen molar-refractivity contribution >= 4 is 0 Å². The molecule has 0 N–H and O–H groups in total. The van der Waals surface area contributed by atoms with Crippen LogP contribution >= 0.6 is 0 Å². The summed E-state index contributed by atoms with van der Waals surface area (Å²) in [5.74, 6) is 3.31. The standard InChI is InChI=1S/C31H34O2/c1-3-11-27-17-16-24(4-2)20-30(27)29-19-18-28(32-22-25-12-7-5-8-13-25)21-31(29)33-23-26-14-9-6-10-15-26/h3-10,12-15,18-19,21,24,27,30H,1-2,11,16-17,20,22-23H2. The van der Waals surface area contributed by atoms with Crippen molar-refractivity contribution in [3.05, 3.63) is 121 Å². The minimum Gasteiger partial charge on any atom is -0.489 e. The van der Waals surface area contributed by atoms with Gasteiger partial charge in [-0.15, -0.1) is 13.2 Å². The minimum atomic E-state index is 0.425. The fraction of sp³-hybridized carbons (Fsp3) is 0.290. The predicted octanol–water partition coefficient (Wildman–Crippen LogP) is 8.11. The molecule has 3 unspecified atom stereocenters. The van der Waals surface area contributed by atoms with E-state index < -0.39 is 0 Å². The Morgan fingerprint density at radius 1 is 0.788 bits per heavy atom. The predicted molar refractivity (Wildman–Crippen MR) is 137 cm³/mol. The summed E-state index contributed by atoms with van der Waals surface area (Å²) < 4.78 is 12.6. The first kappa shape index (κ1) is 22.9. The lowest BCUT2D eigenvalue weighted by atomic mass is 9.70. The molecule has 1 aliphatic rings. The zero-order chi connectivity index (χ0) is 22.9. The largest absolute Gasteiger partial charge is 0.489 e. The van der Waals surface area contributed by atoms with Crippen molar-refractivity contribution < 1.29 is 9.47 Å². The third-order valence-electron chi connectivity index (χ3n) is 6.71. The van der Waals surface area contributed by atoms with Gasteiger partial charge in [-0.05, 0) is 66.2 Å². The third-order valence-corrected chi connectivity index (χ3v) is 6.71. The van der Waals surface area contributed by atoms with Crippen LogP contribution in [0.3, 0.4) is 0 Å². The maximum atomic E-state index is 6.43. The Bertz CT molecular complexity index is 1030. The van der Waals surface area contributed by atoms with Crippen molar-refractivity contribution in [3.8, 4) is 11.5 Å². The van der Waals surface area contributed by atoms with Gasteiger partial charge < -0.3 is 9.47 Å². The molecule has 0 amide bonds. The average molecular weight is 439 g/mol. The van der Waals surface area contributed by atoms with Gasteiger partial charge in [-0.25, -0.2) is 0 Å². The maximum Gasteiger partial charge on any atom is 0.126 e. The molecule has 2 heteroatoms. The van der Waals surface area contributed by atoms with Gasteiger partial charge in [-0.3, -0.25) is 0 Å². The Labute approximate surface area is 198 Å². The molecule has 0 spiro atoms. The highest BCUT2D eigenvalue weighted by atomic mass is 16.5. The van der Waals surface area contributed by atoms with Crippen LogP contribution in [0, 0.1) is 11.8 Å². The first-order valence-electron chi connectivity index (χ1n) is 12.0. The fourth-order valence-electron chi connectivity index (χ4n) is 4.87. The molecule has 0 bridgehead atoms. The lowest BCUT2D eigenvalue weighted by Crippen LogP contribution is -2.23. The Balaban J connectivity index is 1.60. The average Bonchev–Trinajstić information content (AvgIpc) is 2.88. The maximum absolute atomic E-state index is 6.43. The second-order valence-electron chi connectivity index (χ2n) is 8.95. The second-order valence-corrected chi connectivity index (χ2v) is 8.95. The van der Waals surface area contributed by atoms with Crippen molar-refractivity contribution in [2.45, 2.75) is 44.8 Å². The molecule has 0 aromatic heterocycles. The molecular weight excluding hydrogens is 404 g/mol. The molecule has 1 aliphatic carbocycles. The molecular formula is C31H34O2. The Kier molecular flexibility index (Phi) is 8.03. The number of hydrogen-bond donors (Lipinski definition) is 0. The zero-order valence-corrected chi connectivity index (χ0v) is 19.4. The fourth-order valence-corrected chi connectivity index (χ4v) is 4.87. The van der Waals surface area contributed by atoms with Crippen molar-refractivity contribution in [1.82, 2.24) is 0 Å². The van der Waals surface area contributed by atoms with Gasteiger partial charge in [-0.2, -0.15) is 0 Å². The summed E-state index contributed by atoms with van der Waals surface area (Å²) >= 11 is 0. The summed E-state index contributed by atoms with van der Waals surface area (Å²) in [4.78, 5) is 0. The number of rotatable bonds is 10. The number of allylic oxidation sites excluding steroid dienone is 2. The molecule has 0 heterocycles. The quantitative estimate of drug-likeness (QED) is 0.298. The highest BCUT2D eigenvalue weighted by Crippen LogP contribution is 2.46. The summed E-state index contributed by atoms with van der Waals surface area (Å²) in [6.45, 7) is 9.18. The van der Waals surface area contributed by atoms with Gasteiger partial charge in [0.15, 0.2) is 0 Å². The van der Waals surface area contributed by atoms with Crippen LogP contribution in [0.4, 0.5) is 0 Å². The third kappa shape index (κ3) is 6.16. The van der Waals surface area contributed by atoms with Crippen LogP contribution in [0.2, 0.25) is 0 Å². The number of ether oxygens (including phenoxy) is 2. The van der Waals surface area contributed by atoms with E-state index in [2.05, 4.69) is 79.9 Å². The first-order valence-corrected chi connectivity index (χ1v) is 12.0. The van der Waals surface area contributed by atoms with Crippen LogP contribution in [0.5, 0.6) is 11.5 Å². The highest BCUT2D eigenvalue weighted by Gasteiger charge is 2.31. The molecule has 3 aromatic rings. The van der Waals surface area contributed by atoms with Crippen LogP contribution in [-0.4, -0.2) is 0 Å². The van der Waals surface area contributed by atoms with Gasteiger partial charge in [-0.1, -0.05) is 78.9 Å². The normalized spacial score (nSPS) is 20.1. The molecule has 0 radical (unpaired) electrons. The smallest absolute Gasteiger partial charge is 0.126 e. The highest BCUT2D eigenvalue weighted by molar-refractivity contribution is 5.44. The molecule has 1 saturated carbocycles. The second kappa shape index (κ2) is 11.6. The van der Waals surface area contributed by atoms with E-state index in [0.717, 1.165) is 35.5 Å². The van der Waals surface area contributed by atoms with Crippen LogP contribution in [-0.2, 0) is 13.2 Å². The van der Waals surface area contributed by atoms with E-state index >= 15 is 0 Å². The summed E-state index contributed by atoms with van der Waals surface area (Å²) in [6.07, 6.45) is 8.72. The molecule has 1 fully saturated rings. The van der Waals surface area contributed by atoms with E-state index in [1.54, 1.807) is 0 Å². The molecule has 3 atom stereocenters. The van der Waals surface area contributed by atoms with Crippen molar-refractivity contribution in [1.29, 1.82) is 0 Å². The van der Waals surface area contributed by atoms with Gasteiger partial charge in [0.05, 0.1) is 0 Å². The summed E-state index contributed by atoms with van der Waals surface area (Å²) in [5.41, 5.74) is 3.59. The van der Waals surface area contributed by atoms with E-state index in [4.69, 9.17) is 9.47 Å². The van der Waals surface area contributed by atoms with Crippen molar-refractivity contribution in [2.24, 2.45) is 11.8 Å². The topological polar surface area (TPSA) is 18.5 Å². The minimum absolute atomic E-state index is 0.425. The van der Waals surface area contributed by atoms with Gasteiger partial charge in [0.1, 0.15) is 24.7 Å². The van der Waals surface area contributed by atoms with Crippen LogP contribution in [0.25, 0.3) is 0 Å². The van der Waals surface area contributed by atoms with Gasteiger partial charge in [0.2, 0.25) is 0 Å². The van der Waals surface area contributed by atoms with E-state index in [9.17, 15) is 0 Å². The van der Waals surface area contributed by atoms with E-state index in [0.29, 0.717) is 31.0 Å². The Hall–Kier alpha value is -3.26. The van der Waals surface area contributed by atoms with Gasteiger partial charge in [0.25, 0.3) is 0 Å². The van der Waals surface area contributed by atoms with E-state index in [1.807, 2.05) is 24.3 Å². The van der Waals surface area contributed by atoms with Crippen LogP contribution in [0.1, 0.15) is 48.3 Å². The summed E-state index contributed by atoms with van der Waals surface area (Å²) in [5, 5.41) is 0. The lowest BCUT2D eigenvalue weighted by molar-refractivity contribution is 0.249. The van der Waals surface area contributed by atoms with Crippen LogP contribution in [0.15, 0.2) is 104 Å². The van der Waals surface area contributed by atoms with E-state index in [-0.39, 0.29) is 0 Å². The molecule has 0 aliphatic heterocycles. The van der Waals surface area contributed by atoms with Crippen LogP contribution < -0.4 is 9.47 Å². The molecule has 2 nitrogen and oxygen atoms in total. The summed E-state index contributed by atoms with van der Waals surface area (Å²) in [7, 11) is 0. The van der Waals surface area contributed by atoms with Crippen molar-refractivity contribution in [2.75, 3.05) is 0 Å². The molecule has 170 valence electrons. The molecule has 33 heavy (non-hydrogen) atoms.